The second-order valence-electron chi connectivity index (χ2n) is 11.2. The van der Waals surface area contributed by atoms with Crippen molar-refractivity contribution in [1.82, 2.24) is 0 Å². The van der Waals surface area contributed by atoms with Crippen LogP contribution in [0.4, 0.5) is 0 Å². The monoisotopic (exact) mass is 623 g/mol. The Labute approximate surface area is 258 Å². The third-order valence-electron chi connectivity index (χ3n) is 8.14. The Bertz CT molecular complexity index is 1540. The van der Waals surface area contributed by atoms with Crippen LogP contribution in [0.15, 0.2) is 89.9 Å². The van der Waals surface area contributed by atoms with Crippen LogP contribution in [0.5, 0.6) is 11.5 Å². The van der Waals surface area contributed by atoms with Crippen LogP contribution in [-0.4, -0.2) is 46.1 Å². The van der Waals surface area contributed by atoms with Gasteiger partial charge in [-0.15, -0.1) is 0 Å². The molecule has 0 amide bonds. The Kier molecular flexibility index (Phi) is 10.7. The zero-order valence-corrected chi connectivity index (χ0v) is 25.5. The number of aliphatic hydroxyl groups excluding tert-OH is 2. The van der Waals surface area contributed by atoms with Crippen molar-refractivity contribution in [2.24, 2.45) is 22.4 Å². The van der Waals surface area contributed by atoms with Gasteiger partial charge in [-0.05, 0) is 72.6 Å². The van der Waals surface area contributed by atoms with E-state index in [2.05, 4.69) is 4.99 Å². The van der Waals surface area contributed by atoms with Crippen LogP contribution in [0.2, 0.25) is 0 Å². The van der Waals surface area contributed by atoms with Crippen molar-refractivity contribution in [3.05, 3.63) is 107 Å². The molecule has 4 bridgehead atoms. The third-order valence-corrected chi connectivity index (χ3v) is 9.45. The van der Waals surface area contributed by atoms with Crippen LogP contribution in [0, 0.1) is 5.92 Å². The fraction of sp³-hybridized carbons (Fsp3) is 0.364. The molecule has 0 aromatic heterocycles. The summed E-state index contributed by atoms with van der Waals surface area (Å²) in [5.41, 5.74) is 13.2. The van der Waals surface area contributed by atoms with Gasteiger partial charge in [-0.2, -0.15) is 8.42 Å². The second kappa shape index (κ2) is 14.3. The summed E-state index contributed by atoms with van der Waals surface area (Å²) in [5, 5.41) is 28.9. The first kappa shape index (κ1) is 33.0. The molecule has 4 heterocycles. The molecule has 236 valence electrons. The summed E-state index contributed by atoms with van der Waals surface area (Å²) in [6.07, 6.45) is 3.74. The van der Waals surface area contributed by atoms with Crippen LogP contribution >= 0.6 is 0 Å². The molecule has 8 N–H and O–H groups in total. The summed E-state index contributed by atoms with van der Waals surface area (Å²) in [6.45, 7) is 1.86. The molecule has 44 heavy (non-hydrogen) atoms. The van der Waals surface area contributed by atoms with Gasteiger partial charge in [-0.25, -0.2) is 4.99 Å². The first-order valence-electron chi connectivity index (χ1n) is 14.7. The molecule has 0 aliphatic carbocycles. The summed E-state index contributed by atoms with van der Waals surface area (Å²) in [4.78, 5) is 4.49. The van der Waals surface area contributed by atoms with Crippen molar-refractivity contribution in [1.29, 1.82) is 0 Å². The van der Waals surface area contributed by atoms with E-state index in [0.29, 0.717) is 29.7 Å². The van der Waals surface area contributed by atoms with E-state index in [1.165, 1.54) is 18.2 Å². The lowest BCUT2D eigenvalue weighted by atomic mass is 9.85. The van der Waals surface area contributed by atoms with Crippen LogP contribution in [-0.2, 0) is 22.3 Å². The van der Waals surface area contributed by atoms with Gasteiger partial charge in [0, 0.05) is 24.5 Å². The molecule has 5 unspecified atom stereocenters. The molecule has 10 nitrogen and oxygen atoms in total. The van der Waals surface area contributed by atoms with Gasteiger partial charge in [0.1, 0.15) is 11.5 Å². The summed E-state index contributed by atoms with van der Waals surface area (Å²) in [6, 6.07) is 20.6. The Morgan fingerprint density at radius 3 is 2.30 bits per heavy atom. The number of aromatic hydroxyl groups is 1. The Balaban J connectivity index is 1.85. The van der Waals surface area contributed by atoms with E-state index in [1.54, 1.807) is 42.5 Å². The molecule has 0 spiro atoms. The maximum Gasteiger partial charge on any atom is 0.268 e. The highest BCUT2D eigenvalue weighted by Crippen LogP contribution is 2.38. The number of phenolic OH excluding ortho intramolecular Hbond substituents is 1. The van der Waals surface area contributed by atoms with E-state index in [9.17, 15) is 28.3 Å². The lowest BCUT2D eigenvalue weighted by molar-refractivity contribution is 0.0576. The van der Waals surface area contributed by atoms with Gasteiger partial charge in [0.25, 0.3) is 10.1 Å². The maximum absolute atomic E-state index is 13.0. The Morgan fingerprint density at radius 2 is 1.73 bits per heavy atom. The highest BCUT2D eigenvalue weighted by molar-refractivity contribution is 7.86. The molecule has 0 radical (unpaired) electrons. The summed E-state index contributed by atoms with van der Waals surface area (Å²) >= 11 is 0. The average molecular weight is 624 g/mol. The number of aliphatic imine (C=N–C) groups is 1. The number of hydrogen-bond acceptors (Lipinski definition) is 7. The Hall–Kier alpha value is -3.90. The molecule has 5 atom stereocenters. The number of nitrogens with zero attached hydrogens (tertiary/aromatic N) is 1. The second-order valence-corrected chi connectivity index (χ2v) is 12.8. The first-order valence-corrected chi connectivity index (χ1v) is 16.2. The number of phenols is 1. The van der Waals surface area contributed by atoms with Crippen molar-refractivity contribution in [2.75, 3.05) is 6.61 Å². The number of ether oxygens (including phenoxy) is 1. The lowest BCUT2D eigenvalue weighted by Crippen LogP contribution is -2.37. The van der Waals surface area contributed by atoms with Gasteiger partial charge in [-0.3, -0.25) is 4.55 Å². The maximum atomic E-state index is 13.0. The highest BCUT2D eigenvalue weighted by atomic mass is 32.2. The molecular formula is C33H41N3O7S. The molecule has 0 saturated heterocycles. The number of benzene rings is 3. The normalized spacial score (nSPS) is 23.0. The van der Waals surface area contributed by atoms with Crippen molar-refractivity contribution >= 4 is 16.1 Å². The SMILES string of the molecule is CCC1CC(S(=O)(=O)O)C(C=CC(O)c2ccc(O)cc2)Cc2ccc(cc2)C(CCCO)(N=C(N)N)Oc2ccc1cc2. The van der Waals surface area contributed by atoms with E-state index >= 15 is 0 Å². The number of nitrogens with two attached hydrogens (primary N) is 2. The minimum atomic E-state index is -4.52. The van der Waals surface area contributed by atoms with Crippen molar-refractivity contribution < 1.29 is 33.0 Å². The van der Waals surface area contributed by atoms with Gasteiger partial charge in [0.2, 0.25) is 5.72 Å². The van der Waals surface area contributed by atoms with E-state index in [4.69, 9.17) is 16.2 Å². The average Bonchev–Trinajstić information content (AvgIpc) is 2.99. The Morgan fingerprint density at radius 1 is 1.07 bits per heavy atom. The molecule has 3 aromatic rings. The zero-order valence-electron chi connectivity index (χ0n) is 24.7. The number of guanidine groups is 1. The first-order chi connectivity index (χ1) is 20.9. The van der Waals surface area contributed by atoms with E-state index < -0.39 is 33.1 Å². The number of allylic oxidation sites excluding steroid dienone is 1. The lowest BCUT2D eigenvalue weighted by Gasteiger charge is -2.31. The topological polar surface area (TPSA) is 189 Å². The van der Waals surface area contributed by atoms with Gasteiger partial charge in [-0.1, -0.05) is 67.6 Å². The summed E-state index contributed by atoms with van der Waals surface area (Å²) in [5.74, 6) is -0.542. The fourth-order valence-corrected chi connectivity index (χ4v) is 6.90. The van der Waals surface area contributed by atoms with Crippen LogP contribution < -0.4 is 16.2 Å². The van der Waals surface area contributed by atoms with Crippen LogP contribution in [0.25, 0.3) is 0 Å². The minimum absolute atomic E-state index is 0.0610. The van der Waals surface area contributed by atoms with Crippen LogP contribution in [0.3, 0.4) is 0 Å². The zero-order chi connectivity index (χ0) is 31.9. The number of rotatable bonds is 9. The molecular weight excluding hydrogens is 582 g/mol. The van der Waals surface area contributed by atoms with Crippen molar-refractivity contribution in [3.8, 4) is 11.5 Å². The smallest absolute Gasteiger partial charge is 0.268 e. The van der Waals surface area contributed by atoms with Gasteiger partial charge in [0.15, 0.2) is 5.96 Å². The van der Waals surface area contributed by atoms with E-state index in [1.807, 2.05) is 31.2 Å². The minimum Gasteiger partial charge on any atom is -0.508 e. The molecule has 0 fully saturated rings. The summed E-state index contributed by atoms with van der Waals surface area (Å²) in [7, 11) is -4.52. The molecule has 4 aliphatic rings. The van der Waals surface area contributed by atoms with E-state index in [0.717, 1.165) is 11.1 Å². The number of hydrogen-bond donors (Lipinski definition) is 6. The van der Waals surface area contributed by atoms with Crippen LogP contribution in [0.1, 0.15) is 66.9 Å². The van der Waals surface area contributed by atoms with Gasteiger partial charge in [0.05, 0.1) is 11.4 Å². The van der Waals surface area contributed by atoms with Gasteiger partial charge < -0.3 is 31.5 Å². The predicted molar refractivity (Wildman–Crippen MR) is 170 cm³/mol. The molecule has 4 aliphatic heterocycles. The quantitative estimate of drug-likeness (QED) is 0.0875. The largest absolute Gasteiger partial charge is 0.508 e. The van der Waals surface area contributed by atoms with Crippen molar-refractivity contribution in [2.45, 2.75) is 62.0 Å². The van der Waals surface area contributed by atoms with Crippen molar-refractivity contribution in [3.63, 3.8) is 0 Å². The molecule has 7 rings (SSSR count). The predicted octanol–water partition coefficient (Wildman–Crippen LogP) is 4.27. The molecule has 11 heteroatoms. The summed E-state index contributed by atoms with van der Waals surface area (Å²) < 4.78 is 42.9. The van der Waals surface area contributed by atoms with Gasteiger partial charge >= 0.3 is 0 Å². The standard InChI is InChI=1S/C33H41N3O7S/c1-2-23-21-31(44(40,41)42)26(10-17-30(39)25-6-13-28(38)14-7-25)20-22-4-11-27(12-5-22)33(18-3-19-37,36-32(34)35)43-29-15-8-24(23)9-16-29/h4-17,23,26,30-31,37-39H,2-3,18-21H2,1H3,(H4,34,35,36)(H,40,41,42). The third kappa shape index (κ3) is 8.17. The fourth-order valence-electron chi connectivity index (χ4n) is 5.79. The molecule has 3 aromatic carbocycles. The molecule has 0 saturated carbocycles. The number of aliphatic hydroxyl groups is 2. The highest BCUT2D eigenvalue weighted by Gasteiger charge is 2.36. The van der Waals surface area contributed by atoms with E-state index in [-0.39, 0.29) is 43.5 Å².